The second kappa shape index (κ2) is 6.89. The number of carbonyl (C=O) groups excluding carboxylic acids is 2. The van der Waals surface area contributed by atoms with Gasteiger partial charge in [-0.25, -0.2) is 25.4 Å². The van der Waals surface area contributed by atoms with Gasteiger partial charge in [0.05, 0.1) is 11.3 Å². The Labute approximate surface area is 174 Å². The Hall–Kier alpha value is -2.76. The van der Waals surface area contributed by atoms with Gasteiger partial charge in [-0.05, 0) is 43.2 Å². The van der Waals surface area contributed by atoms with Crippen LogP contribution in [-0.2, 0) is 20.0 Å². The molecule has 0 unspecified atom stereocenters. The maximum atomic E-state index is 12.8. The lowest BCUT2D eigenvalue weighted by Crippen LogP contribution is -2.31. The lowest BCUT2D eigenvalue weighted by Gasteiger charge is -2.15. The highest BCUT2D eigenvalue weighted by Crippen LogP contribution is 2.39. The summed E-state index contributed by atoms with van der Waals surface area (Å²) >= 11 is 0. The van der Waals surface area contributed by atoms with Gasteiger partial charge in [0, 0.05) is 25.7 Å². The van der Waals surface area contributed by atoms with Crippen LogP contribution in [0, 0.1) is 0 Å². The van der Waals surface area contributed by atoms with E-state index in [1.807, 2.05) is 0 Å². The van der Waals surface area contributed by atoms with Gasteiger partial charge in [0.15, 0.2) is 0 Å². The minimum absolute atomic E-state index is 0.000161. The van der Waals surface area contributed by atoms with E-state index >= 15 is 0 Å². The molecule has 0 bridgehead atoms. The van der Waals surface area contributed by atoms with Crippen molar-refractivity contribution in [2.45, 2.75) is 28.7 Å². The van der Waals surface area contributed by atoms with Crippen LogP contribution in [-0.4, -0.2) is 57.4 Å². The molecule has 1 heterocycles. The van der Waals surface area contributed by atoms with Gasteiger partial charge in [-0.2, -0.15) is 0 Å². The number of fused-ring (bicyclic) bond motifs is 1. The molecule has 1 aliphatic carbocycles. The second-order valence-electron chi connectivity index (χ2n) is 7.29. The maximum Gasteiger partial charge on any atom is 0.269 e. The van der Waals surface area contributed by atoms with Gasteiger partial charge in [-0.1, -0.05) is 12.1 Å². The zero-order valence-corrected chi connectivity index (χ0v) is 17.8. The fourth-order valence-electron chi connectivity index (χ4n) is 3.24. The normalized spacial score (nSPS) is 17.8. The van der Waals surface area contributed by atoms with Crippen LogP contribution >= 0.6 is 0 Å². The minimum atomic E-state index is -4.00. The number of anilines is 1. The third kappa shape index (κ3) is 3.18. The van der Waals surface area contributed by atoms with Crippen molar-refractivity contribution in [2.75, 3.05) is 19.4 Å². The Balaban J connectivity index is 1.68. The van der Waals surface area contributed by atoms with Crippen molar-refractivity contribution in [2.24, 2.45) is 0 Å². The second-order valence-corrected chi connectivity index (χ2v) is 11.2. The highest BCUT2D eigenvalue weighted by molar-refractivity contribution is 7.90. The predicted octanol–water partition coefficient (Wildman–Crippen LogP) is 1.50. The van der Waals surface area contributed by atoms with Crippen molar-refractivity contribution in [1.29, 1.82) is 0 Å². The molecule has 0 aromatic heterocycles. The SMILES string of the molecule is CN(C)S(=O)(=O)c1ccccc1NC(=O)c1ccc2c(c1)S(=O)(=O)N(C1CC1)C2=O. The van der Waals surface area contributed by atoms with Crippen LogP contribution in [0.3, 0.4) is 0 Å². The van der Waals surface area contributed by atoms with Crippen molar-refractivity contribution in [3.05, 3.63) is 53.6 Å². The molecule has 1 fully saturated rings. The Morgan fingerprint density at radius 2 is 1.80 bits per heavy atom. The third-order valence-corrected chi connectivity index (χ3v) is 8.73. The molecule has 1 aliphatic heterocycles. The fourth-order valence-corrected chi connectivity index (χ4v) is 6.13. The van der Waals surface area contributed by atoms with Crippen LogP contribution in [0.1, 0.15) is 33.6 Å². The molecule has 158 valence electrons. The van der Waals surface area contributed by atoms with Crippen molar-refractivity contribution in [1.82, 2.24) is 8.61 Å². The average molecular weight is 450 g/mol. The van der Waals surface area contributed by atoms with Crippen LogP contribution in [0.2, 0.25) is 0 Å². The van der Waals surface area contributed by atoms with E-state index in [1.165, 1.54) is 44.4 Å². The standard InChI is InChI=1S/C19H19N3O6S2/c1-21(2)29(25,26)16-6-4-3-5-15(16)20-18(23)12-7-10-14-17(11-12)30(27,28)22(19(14)24)13-8-9-13/h3-7,10-11,13H,8-9H2,1-2H3,(H,20,23). The van der Waals surface area contributed by atoms with Gasteiger partial charge in [-0.15, -0.1) is 0 Å². The molecule has 1 N–H and O–H groups in total. The summed E-state index contributed by atoms with van der Waals surface area (Å²) in [6.45, 7) is 0. The third-order valence-electron chi connectivity index (χ3n) is 4.98. The lowest BCUT2D eigenvalue weighted by atomic mass is 10.1. The Bertz CT molecular complexity index is 1280. The molecule has 2 aromatic carbocycles. The van der Waals surface area contributed by atoms with Gasteiger partial charge in [-0.3, -0.25) is 9.59 Å². The molecule has 0 spiro atoms. The van der Waals surface area contributed by atoms with Crippen molar-refractivity contribution in [3.8, 4) is 0 Å². The number of hydrogen-bond acceptors (Lipinski definition) is 6. The number of nitrogens with zero attached hydrogens (tertiary/aromatic N) is 2. The summed E-state index contributed by atoms with van der Waals surface area (Å²) in [6.07, 6.45) is 1.26. The summed E-state index contributed by atoms with van der Waals surface area (Å²) < 4.78 is 52.4. The summed E-state index contributed by atoms with van der Waals surface area (Å²) in [4.78, 5) is 24.9. The number of para-hydroxylation sites is 1. The van der Waals surface area contributed by atoms with Crippen LogP contribution in [0.25, 0.3) is 0 Å². The summed E-state index contributed by atoms with van der Waals surface area (Å²) in [5.74, 6) is -1.27. The molecule has 9 nitrogen and oxygen atoms in total. The summed E-state index contributed by atoms with van der Waals surface area (Å²) in [5.41, 5.74) is 0.101. The Morgan fingerprint density at radius 1 is 1.13 bits per heavy atom. The maximum absolute atomic E-state index is 12.8. The average Bonchev–Trinajstić information content (AvgIpc) is 3.49. The predicted molar refractivity (Wildman–Crippen MR) is 108 cm³/mol. The van der Waals surface area contributed by atoms with E-state index in [0.717, 1.165) is 14.7 Å². The highest BCUT2D eigenvalue weighted by atomic mass is 32.2. The van der Waals surface area contributed by atoms with Crippen LogP contribution in [0.5, 0.6) is 0 Å². The van der Waals surface area contributed by atoms with E-state index in [4.69, 9.17) is 0 Å². The smallest absolute Gasteiger partial charge is 0.269 e. The number of carbonyl (C=O) groups is 2. The van der Waals surface area contributed by atoms with Crippen LogP contribution in [0.15, 0.2) is 52.3 Å². The minimum Gasteiger partial charge on any atom is -0.321 e. The van der Waals surface area contributed by atoms with Gasteiger partial charge in [0.2, 0.25) is 10.0 Å². The molecular weight excluding hydrogens is 430 g/mol. The van der Waals surface area contributed by atoms with E-state index < -0.39 is 31.9 Å². The van der Waals surface area contributed by atoms with E-state index in [1.54, 1.807) is 6.07 Å². The van der Waals surface area contributed by atoms with Gasteiger partial charge >= 0.3 is 0 Å². The van der Waals surface area contributed by atoms with Gasteiger partial charge in [0.1, 0.15) is 9.79 Å². The number of amides is 2. The zero-order valence-electron chi connectivity index (χ0n) is 16.2. The van der Waals surface area contributed by atoms with E-state index in [9.17, 15) is 26.4 Å². The van der Waals surface area contributed by atoms with E-state index in [2.05, 4.69) is 5.32 Å². The Kier molecular flexibility index (Phi) is 4.71. The van der Waals surface area contributed by atoms with Crippen molar-refractivity contribution in [3.63, 3.8) is 0 Å². The molecule has 2 amide bonds. The first-order valence-corrected chi connectivity index (χ1v) is 12.0. The largest absolute Gasteiger partial charge is 0.321 e. The number of hydrogen-bond donors (Lipinski definition) is 1. The quantitative estimate of drug-likeness (QED) is 0.738. The van der Waals surface area contributed by atoms with Gasteiger partial charge in [0.25, 0.3) is 21.8 Å². The lowest BCUT2D eigenvalue weighted by molar-refractivity contribution is 0.0864. The van der Waals surface area contributed by atoms with Crippen molar-refractivity contribution < 1.29 is 26.4 Å². The number of nitrogens with one attached hydrogen (secondary N) is 1. The molecule has 2 aliphatic rings. The number of sulfonamides is 2. The molecule has 4 rings (SSSR count). The zero-order chi connectivity index (χ0) is 21.8. The number of rotatable bonds is 5. The van der Waals surface area contributed by atoms with E-state index in [-0.39, 0.29) is 32.6 Å². The Morgan fingerprint density at radius 3 is 2.43 bits per heavy atom. The first kappa shape index (κ1) is 20.5. The summed E-state index contributed by atoms with van der Waals surface area (Å²) in [6, 6.07) is 9.41. The van der Waals surface area contributed by atoms with Crippen LogP contribution < -0.4 is 5.32 Å². The number of benzene rings is 2. The van der Waals surface area contributed by atoms with Gasteiger partial charge < -0.3 is 5.32 Å². The fraction of sp³-hybridized carbons (Fsp3) is 0.263. The van der Waals surface area contributed by atoms with Crippen molar-refractivity contribution >= 4 is 37.5 Å². The molecular formula is C19H19N3O6S2. The van der Waals surface area contributed by atoms with E-state index in [0.29, 0.717) is 12.8 Å². The monoisotopic (exact) mass is 449 g/mol. The molecule has 0 atom stereocenters. The molecule has 0 radical (unpaired) electrons. The highest BCUT2D eigenvalue weighted by Gasteiger charge is 2.48. The first-order chi connectivity index (χ1) is 14.0. The molecule has 30 heavy (non-hydrogen) atoms. The molecule has 1 saturated carbocycles. The molecule has 0 saturated heterocycles. The molecule has 11 heteroatoms. The van der Waals surface area contributed by atoms with Crippen LogP contribution in [0.4, 0.5) is 5.69 Å². The first-order valence-electron chi connectivity index (χ1n) is 9.11. The topological polar surface area (TPSA) is 121 Å². The molecule has 2 aromatic rings. The summed E-state index contributed by atoms with van der Waals surface area (Å²) in [5, 5.41) is 2.53. The summed E-state index contributed by atoms with van der Waals surface area (Å²) in [7, 11) is -5.06.